The number of fused-ring (bicyclic) bond motifs is 1. The van der Waals surface area contributed by atoms with Crippen molar-refractivity contribution in [3.8, 4) is 22.5 Å². The normalized spacial score (nSPS) is 19.2. The van der Waals surface area contributed by atoms with Crippen LogP contribution in [0.4, 0.5) is 19.1 Å². The Bertz CT molecular complexity index is 1290. The van der Waals surface area contributed by atoms with Crippen molar-refractivity contribution >= 4 is 17.0 Å². The Hall–Kier alpha value is -3.47. The van der Waals surface area contributed by atoms with Crippen LogP contribution in [-0.2, 0) is 6.18 Å². The highest BCUT2D eigenvalue weighted by molar-refractivity contribution is 5.94. The standard InChI is InChI=1S/C22H22F3N7O/c1-11-3-4-13(7-26-11)29-21-28-9-17(22(23,24)25)19(31-21)15-8-27-20-14(15)5-6-18(30-20)16-10-33-32-12(16)2/h5-6,8-11,13,26H,3-4,7H2,1-2H3,(H,27,30)(H,28,29,31)/t11-,13?/m1/s1. The fourth-order valence-corrected chi connectivity index (χ4v) is 4.06. The minimum absolute atomic E-state index is 0.0461. The summed E-state index contributed by atoms with van der Waals surface area (Å²) in [5, 5.41) is 10.9. The molecule has 5 rings (SSSR count). The number of aromatic amines is 1. The number of aromatic nitrogens is 5. The van der Waals surface area contributed by atoms with Gasteiger partial charge < -0.3 is 20.1 Å². The SMILES string of the molecule is Cc1nocc1-c1ccc2c(-c3nc(NC4CC[C@@H](C)NC4)ncc3C(F)(F)F)c[nH]c2n1. The van der Waals surface area contributed by atoms with Crippen LogP contribution in [0.1, 0.15) is 31.0 Å². The predicted molar refractivity (Wildman–Crippen MR) is 116 cm³/mol. The van der Waals surface area contributed by atoms with E-state index in [0.29, 0.717) is 46.1 Å². The lowest BCUT2D eigenvalue weighted by Crippen LogP contribution is -2.43. The quantitative estimate of drug-likeness (QED) is 0.413. The van der Waals surface area contributed by atoms with Gasteiger partial charge in [-0.25, -0.2) is 15.0 Å². The highest BCUT2D eigenvalue weighted by atomic mass is 19.4. The summed E-state index contributed by atoms with van der Waals surface area (Å²) in [7, 11) is 0. The molecule has 2 atom stereocenters. The van der Waals surface area contributed by atoms with E-state index >= 15 is 0 Å². The molecule has 1 unspecified atom stereocenters. The molecule has 172 valence electrons. The molecule has 0 aliphatic carbocycles. The van der Waals surface area contributed by atoms with E-state index in [0.717, 1.165) is 19.0 Å². The summed E-state index contributed by atoms with van der Waals surface area (Å²) < 4.78 is 46.4. The second kappa shape index (κ2) is 8.14. The van der Waals surface area contributed by atoms with Crippen LogP contribution >= 0.6 is 0 Å². The first-order valence-electron chi connectivity index (χ1n) is 10.6. The number of nitrogens with zero attached hydrogens (tertiary/aromatic N) is 4. The molecule has 0 bridgehead atoms. The Morgan fingerprint density at radius 2 is 2.00 bits per heavy atom. The van der Waals surface area contributed by atoms with Crippen molar-refractivity contribution in [3.05, 3.63) is 42.0 Å². The van der Waals surface area contributed by atoms with Crippen LogP contribution in [0.3, 0.4) is 0 Å². The first-order chi connectivity index (χ1) is 15.8. The maximum absolute atomic E-state index is 13.8. The largest absolute Gasteiger partial charge is 0.419 e. The smallest absolute Gasteiger partial charge is 0.364 e. The van der Waals surface area contributed by atoms with Crippen molar-refractivity contribution in [2.45, 2.75) is 44.9 Å². The third-order valence-electron chi connectivity index (χ3n) is 5.91. The second-order valence-electron chi connectivity index (χ2n) is 8.29. The Kier molecular flexibility index (Phi) is 5.28. The van der Waals surface area contributed by atoms with Crippen molar-refractivity contribution in [1.82, 2.24) is 30.4 Å². The number of hydrogen-bond donors (Lipinski definition) is 3. The Morgan fingerprint density at radius 3 is 2.70 bits per heavy atom. The summed E-state index contributed by atoms with van der Waals surface area (Å²) in [4.78, 5) is 15.7. The van der Waals surface area contributed by atoms with E-state index in [1.165, 1.54) is 12.5 Å². The molecule has 0 radical (unpaired) electrons. The third kappa shape index (κ3) is 4.15. The Morgan fingerprint density at radius 1 is 1.15 bits per heavy atom. The van der Waals surface area contributed by atoms with Crippen LogP contribution < -0.4 is 10.6 Å². The zero-order valence-corrected chi connectivity index (χ0v) is 18.0. The van der Waals surface area contributed by atoms with Gasteiger partial charge in [-0.2, -0.15) is 13.2 Å². The van der Waals surface area contributed by atoms with Crippen molar-refractivity contribution in [2.24, 2.45) is 0 Å². The summed E-state index contributed by atoms with van der Waals surface area (Å²) in [5.41, 5.74) is 1.64. The van der Waals surface area contributed by atoms with Gasteiger partial charge in [-0.1, -0.05) is 5.16 Å². The van der Waals surface area contributed by atoms with E-state index in [9.17, 15) is 13.2 Å². The van der Waals surface area contributed by atoms with Gasteiger partial charge in [-0.05, 0) is 38.8 Å². The lowest BCUT2D eigenvalue weighted by Gasteiger charge is -2.28. The number of aryl methyl sites for hydroxylation is 1. The number of anilines is 1. The average Bonchev–Trinajstić information content (AvgIpc) is 3.40. The summed E-state index contributed by atoms with van der Waals surface area (Å²) in [6.45, 7) is 4.59. The number of halogens is 3. The van der Waals surface area contributed by atoms with Gasteiger partial charge in [-0.15, -0.1) is 0 Å². The molecular weight excluding hydrogens is 435 g/mol. The predicted octanol–water partition coefficient (Wildman–Crippen LogP) is 4.55. The van der Waals surface area contributed by atoms with E-state index in [-0.39, 0.29) is 17.7 Å². The molecule has 1 aliphatic heterocycles. The molecular formula is C22H22F3N7O. The van der Waals surface area contributed by atoms with E-state index in [1.807, 2.05) is 0 Å². The van der Waals surface area contributed by atoms with E-state index in [2.05, 4.69) is 42.6 Å². The van der Waals surface area contributed by atoms with Crippen molar-refractivity contribution in [2.75, 3.05) is 11.9 Å². The van der Waals surface area contributed by atoms with Crippen molar-refractivity contribution in [1.29, 1.82) is 0 Å². The van der Waals surface area contributed by atoms with Gasteiger partial charge in [-0.3, -0.25) is 0 Å². The van der Waals surface area contributed by atoms with Crippen molar-refractivity contribution < 1.29 is 17.7 Å². The molecule has 1 aliphatic rings. The average molecular weight is 457 g/mol. The molecule has 5 heterocycles. The summed E-state index contributed by atoms with van der Waals surface area (Å²) in [6.07, 6.45) is 1.06. The number of nitrogens with one attached hydrogen (secondary N) is 3. The monoisotopic (exact) mass is 457 g/mol. The van der Waals surface area contributed by atoms with Crippen LogP contribution in [0, 0.1) is 6.92 Å². The topological polar surface area (TPSA) is 105 Å². The molecule has 8 nitrogen and oxygen atoms in total. The highest BCUT2D eigenvalue weighted by Gasteiger charge is 2.36. The molecule has 3 N–H and O–H groups in total. The van der Waals surface area contributed by atoms with Gasteiger partial charge in [0.1, 0.15) is 17.5 Å². The minimum Gasteiger partial charge on any atom is -0.364 e. The van der Waals surface area contributed by atoms with Crippen molar-refractivity contribution in [3.63, 3.8) is 0 Å². The number of rotatable bonds is 4. The Balaban J connectivity index is 1.54. The number of piperidine rings is 1. The minimum atomic E-state index is -4.60. The fourth-order valence-electron chi connectivity index (χ4n) is 4.06. The second-order valence-corrected chi connectivity index (χ2v) is 8.29. The molecule has 11 heteroatoms. The molecule has 0 saturated carbocycles. The molecule has 4 aromatic heterocycles. The van der Waals surface area contributed by atoms with Crippen LogP contribution in [0.25, 0.3) is 33.5 Å². The van der Waals surface area contributed by atoms with E-state index in [4.69, 9.17) is 4.52 Å². The van der Waals surface area contributed by atoms with Gasteiger partial charge in [0.05, 0.1) is 22.6 Å². The van der Waals surface area contributed by atoms with Crippen LogP contribution in [0.2, 0.25) is 0 Å². The van der Waals surface area contributed by atoms with E-state index in [1.54, 1.807) is 19.1 Å². The molecule has 1 fully saturated rings. The zero-order valence-electron chi connectivity index (χ0n) is 18.0. The van der Waals surface area contributed by atoms with Gasteiger partial charge in [0.25, 0.3) is 0 Å². The molecule has 4 aromatic rings. The maximum Gasteiger partial charge on any atom is 0.419 e. The van der Waals surface area contributed by atoms with Crippen LogP contribution in [0.15, 0.2) is 35.3 Å². The number of pyridine rings is 1. The molecule has 0 spiro atoms. The van der Waals surface area contributed by atoms with Gasteiger partial charge in [0.15, 0.2) is 0 Å². The first kappa shape index (κ1) is 21.4. The molecule has 33 heavy (non-hydrogen) atoms. The third-order valence-corrected chi connectivity index (χ3v) is 5.91. The lowest BCUT2D eigenvalue weighted by atomic mass is 10.0. The summed E-state index contributed by atoms with van der Waals surface area (Å²) >= 11 is 0. The summed E-state index contributed by atoms with van der Waals surface area (Å²) in [5.74, 6) is 0.165. The molecule has 1 saturated heterocycles. The van der Waals surface area contributed by atoms with Gasteiger partial charge in [0.2, 0.25) is 5.95 Å². The first-order valence-corrected chi connectivity index (χ1v) is 10.6. The lowest BCUT2D eigenvalue weighted by molar-refractivity contribution is -0.137. The number of alkyl halides is 3. The highest BCUT2D eigenvalue weighted by Crippen LogP contribution is 2.39. The van der Waals surface area contributed by atoms with Crippen LogP contribution in [0.5, 0.6) is 0 Å². The number of H-pyrrole nitrogens is 1. The summed E-state index contributed by atoms with van der Waals surface area (Å²) in [6, 6.07) is 3.90. The fraction of sp³-hybridized carbons (Fsp3) is 0.364. The van der Waals surface area contributed by atoms with E-state index < -0.39 is 11.7 Å². The maximum atomic E-state index is 13.8. The number of hydrogen-bond acceptors (Lipinski definition) is 7. The Labute approximate surface area is 187 Å². The van der Waals surface area contributed by atoms with Crippen LogP contribution in [-0.4, -0.2) is 43.7 Å². The molecule has 0 amide bonds. The molecule has 0 aromatic carbocycles. The van der Waals surface area contributed by atoms with Gasteiger partial charge in [0, 0.05) is 42.0 Å². The van der Waals surface area contributed by atoms with Gasteiger partial charge >= 0.3 is 6.18 Å². The zero-order chi connectivity index (χ0) is 23.2.